The Hall–Kier alpha value is -2.24. The van der Waals surface area contributed by atoms with Gasteiger partial charge in [0.2, 0.25) is 0 Å². The molecule has 1 amide bonds. The van der Waals surface area contributed by atoms with Gasteiger partial charge in [-0.25, -0.2) is 4.98 Å². The molecule has 4 nitrogen and oxygen atoms in total. The van der Waals surface area contributed by atoms with Crippen LogP contribution in [-0.4, -0.2) is 36.6 Å². The monoisotopic (exact) mass is 394 g/mol. The maximum atomic E-state index is 13.1. The molecule has 1 fully saturated rings. The Morgan fingerprint density at radius 3 is 2.50 bits per heavy atom. The lowest BCUT2D eigenvalue weighted by molar-refractivity contribution is -0.919. The molecule has 1 N–H and O–H groups in total. The molecule has 0 radical (unpaired) electrons. The van der Waals surface area contributed by atoms with Crippen LogP contribution in [-0.2, 0) is 4.79 Å². The Morgan fingerprint density at radius 2 is 1.82 bits per heavy atom. The van der Waals surface area contributed by atoms with Gasteiger partial charge >= 0.3 is 0 Å². The van der Waals surface area contributed by atoms with Crippen molar-refractivity contribution < 1.29 is 9.69 Å². The van der Waals surface area contributed by atoms with Crippen molar-refractivity contribution in [3.05, 3.63) is 59.6 Å². The van der Waals surface area contributed by atoms with Crippen molar-refractivity contribution in [1.29, 1.82) is 0 Å². The molecule has 0 bridgehead atoms. The van der Waals surface area contributed by atoms with Crippen LogP contribution < -0.4 is 9.80 Å². The number of quaternary nitrogens is 1. The predicted molar refractivity (Wildman–Crippen MR) is 116 cm³/mol. The minimum Gasteiger partial charge on any atom is -0.325 e. The number of benzene rings is 2. The molecule has 0 saturated carbocycles. The minimum atomic E-state index is -0.0172. The summed E-state index contributed by atoms with van der Waals surface area (Å²) in [6, 6.07) is 18.4. The van der Waals surface area contributed by atoms with Crippen molar-refractivity contribution in [2.75, 3.05) is 24.5 Å². The Bertz CT molecular complexity index is 898. The summed E-state index contributed by atoms with van der Waals surface area (Å²) in [6.45, 7) is 6.89. The Balaban J connectivity index is 1.40. The number of carbonyl (C=O) groups excluding carboxylic acids is 1. The predicted octanol–water partition coefficient (Wildman–Crippen LogP) is 3.50. The first-order chi connectivity index (χ1) is 13.7. The number of carbonyl (C=O) groups is 1. The third-order valence-electron chi connectivity index (χ3n) is 5.92. The quantitative estimate of drug-likeness (QED) is 0.719. The second-order valence-electron chi connectivity index (χ2n) is 7.59. The number of aromatic nitrogens is 1. The van der Waals surface area contributed by atoms with Gasteiger partial charge in [-0.15, -0.1) is 11.3 Å². The maximum absolute atomic E-state index is 13.1. The number of hydrogen-bond donors (Lipinski definition) is 1. The molecule has 0 aliphatic carbocycles. The fraction of sp³-hybridized carbons (Fsp3) is 0.391. The van der Waals surface area contributed by atoms with E-state index in [1.807, 2.05) is 53.5 Å². The number of anilines is 1. The number of hydrogen-bond acceptors (Lipinski definition) is 3. The lowest BCUT2D eigenvalue weighted by atomic mass is 9.96. The van der Waals surface area contributed by atoms with Gasteiger partial charge in [0.05, 0.1) is 28.3 Å². The number of rotatable bonds is 5. The van der Waals surface area contributed by atoms with E-state index in [0.717, 1.165) is 37.1 Å². The number of likely N-dealkylation sites (N-methyl/N-ethyl adjacent to an activating group) is 1. The van der Waals surface area contributed by atoms with Crippen LogP contribution in [0.5, 0.6) is 0 Å². The molecular weight excluding hydrogens is 366 g/mol. The van der Waals surface area contributed by atoms with Crippen LogP contribution in [0.25, 0.3) is 10.2 Å². The molecule has 1 saturated heterocycles. The van der Waals surface area contributed by atoms with Crippen LogP contribution in [0.15, 0.2) is 54.6 Å². The minimum absolute atomic E-state index is 0.0172. The van der Waals surface area contributed by atoms with Gasteiger partial charge in [-0.2, -0.15) is 0 Å². The van der Waals surface area contributed by atoms with Gasteiger partial charge in [-0.1, -0.05) is 30.3 Å². The SMILES string of the molecule is CCN(C(=O)[C@@H](C)[NH+]1CCC(c2nc3ccccc3s2)CC1)c1ccccc1. The first-order valence-electron chi connectivity index (χ1n) is 10.2. The summed E-state index contributed by atoms with van der Waals surface area (Å²) < 4.78 is 1.28. The molecule has 28 heavy (non-hydrogen) atoms. The van der Waals surface area contributed by atoms with Crippen molar-refractivity contribution in [1.82, 2.24) is 4.98 Å². The molecule has 1 aliphatic heterocycles. The number of nitrogens with one attached hydrogen (secondary N) is 1. The normalized spacial score (nSPS) is 20.8. The number of likely N-dealkylation sites (tertiary alicyclic amines) is 1. The van der Waals surface area contributed by atoms with Crippen LogP contribution in [0.2, 0.25) is 0 Å². The van der Waals surface area contributed by atoms with Crippen LogP contribution in [0.1, 0.15) is 37.6 Å². The summed E-state index contributed by atoms with van der Waals surface area (Å²) in [5.41, 5.74) is 2.10. The Kier molecular flexibility index (Phi) is 5.74. The van der Waals surface area contributed by atoms with Gasteiger partial charge < -0.3 is 9.80 Å². The van der Waals surface area contributed by atoms with E-state index in [4.69, 9.17) is 4.98 Å². The molecule has 2 heterocycles. The third-order valence-corrected chi connectivity index (χ3v) is 7.12. The van der Waals surface area contributed by atoms with Gasteiger partial charge in [-0.05, 0) is 38.1 Å². The van der Waals surface area contributed by atoms with E-state index >= 15 is 0 Å². The second kappa shape index (κ2) is 8.41. The fourth-order valence-electron chi connectivity index (χ4n) is 4.22. The number of thiazole rings is 1. The molecular formula is C23H28N3OS+. The van der Waals surface area contributed by atoms with E-state index in [-0.39, 0.29) is 11.9 Å². The molecule has 5 heteroatoms. The van der Waals surface area contributed by atoms with Gasteiger partial charge in [0, 0.05) is 31.0 Å². The Morgan fingerprint density at radius 1 is 1.14 bits per heavy atom. The van der Waals surface area contributed by atoms with Gasteiger partial charge in [0.1, 0.15) is 0 Å². The summed E-state index contributed by atoms with van der Waals surface area (Å²) in [5, 5.41) is 1.26. The summed E-state index contributed by atoms with van der Waals surface area (Å²) in [4.78, 5) is 21.3. The van der Waals surface area contributed by atoms with Crippen molar-refractivity contribution >= 4 is 33.1 Å². The zero-order valence-electron chi connectivity index (χ0n) is 16.6. The summed E-state index contributed by atoms with van der Waals surface area (Å²) >= 11 is 1.83. The highest BCUT2D eigenvalue weighted by molar-refractivity contribution is 7.18. The molecule has 4 rings (SSSR count). The largest absolute Gasteiger partial charge is 0.325 e. The number of piperidine rings is 1. The van der Waals surface area contributed by atoms with Gasteiger partial charge in [-0.3, -0.25) is 4.79 Å². The number of para-hydroxylation sites is 2. The molecule has 1 atom stereocenters. The lowest BCUT2D eigenvalue weighted by Gasteiger charge is -2.34. The van der Waals surface area contributed by atoms with Crippen molar-refractivity contribution in [2.45, 2.75) is 38.6 Å². The van der Waals surface area contributed by atoms with E-state index in [1.54, 1.807) is 0 Å². The Labute approximate surface area is 170 Å². The van der Waals surface area contributed by atoms with Crippen molar-refractivity contribution in [3.63, 3.8) is 0 Å². The van der Waals surface area contributed by atoms with E-state index in [0.29, 0.717) is 12.5 Å². The zero-order valence-corrected chi connectivity index (χ0v) is 17.4. The first kappa shape index (κ1) is 19.1. The van der Waals surface area contributed by atoms with Crippen LogP contribution in [0, 0.1) is 0 Å². The van der Waals surface area contributed by atoms with Gasteiger partial charge in [0.15, 0.2) is 6.04 Å². The highest BCUT2D eigenvalue weighted by atomic mass is 32.1. The molecule has 2 aromatic carbocycles. The number of fused-ring (bicyclic) bond motifs is 1. The van der Waals surface area contributed by atoms with E-state index in [9.17, 15) is 4.79 Å². The summed E-state index contributed by atoms with van der Waals surface area (Å²) in [5.74, 6) is 0.752. The average Bonchev–Trinajstić information content (AvgIpc) is 3.19. The standard InChI is InChI=1S/C23H27N3OS/c1-3-26(19-9-5-4-6-10-19)23(27)17(2)25-15-13-18(14-16-25)22-24-20-11-7-8-12-21(20)28-22/h4-12,17-18H,3,13-16H2,1-2H3/p+1/t17-/m1/s1. The van der Waals surface area contributed by atoms with Crippen LogP contribution in [0.3, 0.4) is 0 Å². The highest BCUT2D eigenvalue weighted by Gasteiger charge is 2.34. The highest BCUT2D eigenvalue weighted by Crippen LogP contribution is 2.31. The lowest BCUT2D eigenvalue weighted by Crippen LogP contribution is -3.17. The van der Waals surface area contributed by atoms with Crippen molar-refractivity contribution in [2.24, 2.45) is 0 Å². The maximum Gasteiger partial charge on any atom is 0.284 e. The molecule has 146 valence electrons. The number of amides is 1. The van der Waals surface area contributed by atoms with E-state index in [2.05, 4.69) is 31.2 Å². The fourth-order valence-corrected chi connectivity index (χ4v) is 5.35. The smallest absolute Gasteiger partial charge is 0.284 e. The van der Waals surface area contributed by atoms with E-state index < -0.39 is 0 Å². The van der Waals surface area contributed by atoms with Gasteiger partial charge in [0.25, 0.3) is 5.91 Å². The van der Waals surface area contributed by atoms with Crippen LogP contribution in [0.4, 0.5) is 5.69 Å². The third kappa shape index (κ3) is 3.82. The second-order valence-corrected chi connectivity index (χ2v) is 8.65. The molecule has 0 spiro atoms. The first-order valence-corrected chi connectivity index (χ1v) is 11.1. The summed E-state index contributed by atoms with van der Waals surface area (Å²) in [6.07, 6.45) is 2.20. The molecule has 1 aliphatic rings. The topological polar surface area (TPSA) is 37.6 Å². The molecule has 0 unspecified atom stereocenters. The molecule has 1 aromatic heterocycles. The van der Waals surface area contributed by atoms with Crippen LogP contribution >= 0.6 is 11.3 Å². The summed E-state index contributed by atoms with van der Waals surface area (Å²) in [7, 11) is 0. The van der Waals surface area contributed by atoms with Crippen molar-refractivity contribution in [3.8, 4) is 0 Å². The molecule has 3 aromatic rings. The number of nitrogens with zero attached hydrogens (tertiary/aromatic N) is 2. The average molecular weight is 395 g/mol. The van der Waals surface area contributed by atoms with E-state index in [1.165, 1.54) is 14.6 Å². The zero-order chi connectivity index (χ0) is 19.5.